The van der Waals surface area contributed by atoms with Crippen molar-refractivity contribution in [2.24, 2.45) is 5.84 Å². The summed E-state index contributed by atoms with van der Waals surface area (Å²) in [5.74, 6) is 4.94. The lowest BCUT2D eigenvalue weighted by Gasteiger charge is -2.27. The Morgan fingerprint density at radius 3 is 3.05 bits per heavy atom. The van der Waals surface area contributed by atoms with E-state index in [9.17, 15) is 4.79 Å². The van der Waals surface area contributed by atoms with Gasteiger partial charge in [-0.3, -0.25) is 15.1 Å². The van der Waals surface area contributed by atoms with Gasteiger partial charge < -0.3 is 4.90 Å². The van der Waals surface area contributed by atoms with E-state index < -0.39 is 0 Å². The number of rotatable bonds is 6. The zero-order valence-corrected chi connectivity index (χ0v) is 13.0. The van der Waals surface area contributed by atoms with E-state index in [4.69, 9.17) is 5.84 Å². The number of nitrogen functional groups attached to an aromatic ring is 1. The number of carbonyl (C=O) groups is 1. The maximum Gasteiger partial charge on any atom is 0.265 e. The van der Waals surface area contributed by atoms with E-state index in [1.807, 2.05) is 12.1 Å². The molecule has 0 saturated carbocycles. The van der Waals surface area contributed by atoms with Crippen LogP contribution in [0.15, 0.2) is 24.3 Å². The van der Waals surface area contributed by atoms with E-state index in [2.05, 4.69) is 35.3 Å². The topological polar surface area (TPSA) is 61.6 Å². The highest BCUT2D eigenvalue weighted by atomic mass is 16.2. The number of hydrogen-bond acceptors (Lipinski definition) is 4. The first-order valence-corrected chi connectivity index (χ1v) is 7.66. The van der Waals surface area contributed by atoms with Gasteiger partial charge >= 0.3 is 0 Å². The molecule has 1 aromatic carbocycles. The van der Waals surface area contributed by atoms with Crippen LogP contribution in [-0.2, 0) is 6.54 Å². The van der Waals surface area contributed by atoms with Gasteiger partial charge in [0, 0.05) is 24.7 Å². The highest BCUT2D eigenvalue weighted by Crippen LogP contribution is 2.18. The van der Waals surface area contributed by atoms with Crippen molar-refractivity contribution in [2.45, 2.75) is 32.4 Å². The molecular formula is C16H26N4O. The molecule has 3 N–H and O–H groups in total. The molecule has 1 aliphatic rings. The van der Waals surface area contributed by atoms with E-state index in [-0.39, 0.29) is 5.91 Å². The number of likely N-dealkylation sites (tertiary alicyclic amines) is 1. The van der Waals surface area contributed by atoms with Gasteiger partial charge in [-0.1, -0.05) is 19.1 Å². The molecule has 2 rings (SSSR count). The van der Waals surface area contributed by atoms with Crippen LogP contribution in [0.25, 0.3) is 0 Å². The highest BCUT2D eigenvalue weighted by Gasteiger charge is 2.23. The fourth-order valence-corrected chi connectivity index (χ4v) is 3.15. The smallest absolute Gasteiger partial charge is 0.265 e. The average molecular weight is 290 g/mol. The Hall–Kier alpha value is -1.43. The number of likely N-dealkylation sites (N-methyl/N-ethyl adjacent to an activating group) is 2. The van der Waals surface area contributed by atoms with Crippen molar-refractivity contribution in [1.82, 2.24) is 15.2 Å². The van der Waals surface area contributed by atoms with Crippen LogP contribution in [0.4, 0.5) is 0 Å². The van der Waals surface area contributed by atoms with Gasteiger partial charge in [-0.25, -0.2) is 5.84 Å². The molecule has 1 fully saturated rings. The van der Waals surface area contributed by atoms with Crippen LogP contribution in [0.5, 0.6) is 0 Å². The summed E-state index contributed by atoms with van der Waals surface area (Å²) in [7, 11) is 2.14. The van der Waals surface area contributed by atoms with Crippen molar-refractivity contribution >= 4 is 5.91 Å². The molecular weight excluding hydrogens is 264 g/mol. The molecule has 1 heterocycles. The van der Waals surface area contributed by atoms with Crippen molar-refractivity contribution in [1.29, 1.82) is 0 Å². The second-order valence-electron chi connectivity index (χ2n) is 5.80. The SMILES string of the molecule is CCN1CCCC1CN(C)Cc1cccc(C(=O)NN)c1. The van der Waals surface area contributed by atoms with Gasteiger partial charge in [0.15, 0.2) is 0 Å². The highest BCUT2D eigenvalue weighted by molar-refractivity contribution is 5.93. The number of hydrazine groups is 1. The monoisotopic (exact) mass is 290 g/mol. The number of hydrogen-bond donors (Lipinski definition) is 2. The summed E-state index contributed by atoms with van der Waals surface area (Å²) in [6, 6.07) is 8.31. The lowest BCUT2D eigenvalue weighted by Crippen LogP contribution is -2.38. The number of benzene rings is 1. The van der Waals surface area contributed by atoms with Crippen molar-refractivity contribution < 1.29 is 4.79 Å². The Balaban J connectivity index is 1.93. The minimum atomic E-state index is -0.243. The van der Waals surface area contributed by atoms with Gasteiger partial charge in [0.25, 0.3) is 5.91 Å². The number of nitrogens with two attached hydrogens (primary N) is 1. The lowest BCUT2D eigenvalue weighted by molar-refractivity contribution is 0.0953. The quantitative estimate of drug-likeness (QED) is 0.469. The van der Waals surface area contributed by atoms with Crippen LogP contribution in [-0.4, -0.2) is 48.4 Å². The third-order valence-corrected chi connectivity index (χ3v) is 4.20. The summed E-state index contributed by atoms with van der Waals surface area (Å²) < 4.78 is 0. The van der Waals surface area contributed by atoms with Crippen LogP contribution in [0.3, 0.4) is 0 Å². The normalized spacial score (nSPS) is 19.1. The molecule has 1 aromatic rings. The van der Waals surface area contributed by atoms with Gasteiger partial charge in [0.2, 0.25) is 0 Å². The first kappa shape index (κ1) is 15.9. The molecule has 1 saturated heterocycles. The summed E-state index contributed by atoms with van der Waals surface area (Å²) in [6.45, 7) is 6.50. The predicted molar refractivity (Wildman–Crippen MR) is 84.7 cm³/mol. The fourth-order valence-electron chi connectivity index (χ4n) is 3.15. The molecule has 0 aromatic heterocycles. The van der Waals surface area contributed by atoms with Crippen LogP contribution in [0, 0.1) is 0 Å². The van der Waals surface area contributed by atoms with Crippen molar-refractivity contribution in [2.75, 3.05) is 26.7 Å². The molecule has 116 valence electrons. The molecule has 1 unspecified atom stereocenters. The second kappa shape index (κ2) is 7.54. The Morgan fingerprint density at radius 2 is 2.33 bits per heavy atom. The van der Waals surface area contributed by atoms with E-state index in [1.165, 1.54) is 19.4 Å². The largest absolute Gasteiger partial charge is 0.301 e. The minimum absolute atomic E-state index is 0.243. The Morgan fingerprint density at radius 1 is 1.52 bits per heavy atom. The maximum absolute atomic E-state index is 11.6. The summed E-state index contributed by atoms with van der Waals surface area (Å²) in [5, 5.41) is 0. The van der Waals surface area contributed by atoms with Crippen LogP contribution in [0.1, 0.15) is 35.7 Å². The average Bonchev–Trinajstić information content (AvgIpc) is 2.93. The van der Waals surface area contributed by atoms with Crippen LogP contribution >= 0.6 is 0 Å². The Labute approximate surface area is 127 Å². The Bertz CT molecular complexity index is 477. The molecule has 5 heteroatoms. The number of nitrogens with zero attached hydrogens (tertiary/aromatic N) is 2. The summed E-state index contributed by atoms with van der Waals surface area (Å²) in [4.78, 5) is 16.4. The maximum atomic E-state index is 11.6. The van der Waals surface area contributed by atoms with Gasteiger partial charge in [0.05, 0.1) is 0 Å². The van der Waals surface area contributed by atoms with E-state index in [0.717, 1.165) is 25.2 Å². The van der Waals surface area contributed by atoms with Crippen LogP contribution < -0.4 is 11.3 Å². The van der Waals surface area contributed by atoms with E-state index in [0.29, 0.717) is 11.6 Å². The molecule has 5 nitrogen and oxygen atoms in total. The van der Waals surface area contributed by atoms with Crippen molar-refractivity contribution in [3.05, 3.63) is 35.4 Å². The second-order valence-corrected chi connectivity index (χ2v) is 5.80. The summed E-state index contributed by atoms with van der Waals surface area (Å²) in [5.41, 5.74) is 3.92. The molecule has 0 radical (unpaired) electrons. The lowest BCUT2D eigenvalue weighted by atomic mass is 10.1. The van der Waals surface area contributed by atoms with Crippen molar-refractivity contribution in [3.63, 3.8) is 0 Å². The summed E-state index contributed by atoms with van der Waals surface area (Å²) in [6.07, 6.45) is 2.59. The minimum Gasteiger partial charge on any atom is -0.301 e. The molecule has 21 heavy (non-hydrogen) atoms. The molecule has 0 spiro atoms. The molecule has 0 bridgehead atoms. The third-order valence-electron chi connectivity index (χ3n) is 4.20. The first-order chi connectivity index (χ1) is 10.1. The van der Waals surface area contributed by atoms with Gasteiger partial charge in [0.1, 0.15) is 0 Å². The standard InChI is InChI=1S/C16H26N4O/c1-3-20-9-5-8-15(20)12-19(2)11-13-6-4-7-14(10-13)16(21)18-17/h4,6-7,10,15H,3,5,8-9,11-12,17H2,1-2H3,(H,18,21). The number of nitrogens with one attached hydrogen (secondary N) is 1. The Kier molecular flexibility index (Phi) is 5.73. The molecule has 1 atom stereocenters. The summed E-state index contributed by atoms with van der Waals surface area (Å²) >= 11 is 0. The van der Waals surface area contributed by atoms with Gasteiger partial charge in [-0.05, 0) is 50.7 Å². The van der Waals surface area contributed by atoms with E-state index >= 15 is 0 Å². The number of amides is 1. The zero-order valence-electron chi connectivity index (χ0n) is 13.0. The third kappa shape index (κ3) is 4.27. The molecule has 0 aliphatic carbocycles. The first-order valence-electron chi connectivity index (χ1n) is 7.66. The van der Waals surface area contributed by atoms with Gasteiger partial charge in [-0.2, -0.15) is 0 Å². The molecule has 1 amide bonds. The number of carbonyl (C=O) groups excluding carboxylic acids is 1. The van der Waals surface area contributed by atoms with Gasteiger partial charge in [-0.15, -0.1) is 0 Å². The van der Waals surface area contributed by atoms with E-state index in [1.54, 1.807) is 6.07 Å². The van der Waals surface area contributed by atoms with Crippen LogP contribution in [0.2, 0.25) is 0 Å². The predicted octanol–water partition coefficient (Wildman–Crippen LogP) is 1.21. The van der Waals surface area contributed by atoms with Crippen molar-refractivity contribution in [3.8, 4) is 0 Å². The molecule has 1 aliphatic heterocycles. The fraction of sp³-hybridized carbons (Fsp3) is 0.562. The zero-order chi connectivity index (χ0) is 15.2.